The van der Waals surface area contributed by atoms with Crippen molar-refractivity contribution in [2.45, 2.75) is 11.8 Å². The number of nitrogens with zero attached hydrogens (tertiary/aromatic N) is 1. The molecule has 2 heterocycles. The van der Waals surface area contributed by atoms with Crippen LogP contribution >= 0.6 is 11.8 Å². The number of hydrogen-bond acceptors (Lipinski definition) is 4. The smallest absolute Gasteiger partial charge is 0.354 e. The summed E-state index contributed by atoms with van der Waals surface area (Å²) in [6, 6.07) is 0. The van der Waals surface area contributed by atoms with Crippen LogP contribution in [0.25, 0.3) is 0 Å². The van der Waals surface area contributed by atoms with E-state index in [1.165, 1.54) is 12.0 Å². The van der Waals surface area contributed by atoms with Crippen molar-refractivity contribution in [1.82, 2.24) is 4.90 Å². The Balaban J connectivity index is 0.000000980. The molecule has 0 aromatic rings. The van der Waals surface area contributed by atoms with Crippen LogP contribution in [0.5, 0.6) is 0 Å². The Hall–Kier alpha value is 0.0300. The fourth-order valence-electron chi connectivity index (χ4n) is 1.43. The summed E-state index contributed by atoms with van der Waals surface area (Å²) in [4.78, 5) is 23.9. The molecule has 0 bridgehead atoms. The van der Waals surface area contributed by atoms with Gasteiger partial charge in [-0.3, -0.25) is 9.69 Å². The molecule has 1 radical (unpaired) electrons. The van der Waals surface area contributed by atoms with Crippen LogP contribution in [0.4, 0.5) is 0 Å². The van der Waals surface area contributed by atoms with Crippen molar-refractivity contribution in [1.29, 1.82) is 0 Å². The Morgan fingerprint density at radius 3 is 3.00 bits per heavy atom. The minimum Gasteiger partial charge on any atom is -0.464 e. The SMILES string of the molecule is COC(=O)C1=CCS[C@@H]2CC(=O)N12.[Na]. The van der Waals surface area contributed by atoms with E-state index in [0.717, 1.165) is 5.75 Å². The third-order valence-corrected chi connectivity index (χ3v) is 3.25. The molecule has 0 unspecified atom stereocenters. The van der Waals surface area contributed by atoms with Gasteiger partial charge in [0.1, 0.15) is 5.70 Å². The standard InChI is InChI=1S/C8H9NO3S.Na/c1-12-8(11)5-2-3-13-7-4-6(10)9(5)7;/h2,7H,3-4H2,1H3;/t7-;/m1./s1. The molecule has 0 N–H and O–H groups in total. The van der Waals surface area contributed by atoms with E-state index in [1.54, 1.807) is 17.8 Å². The van der Waals surface area contributed by atoms with E-state index in [4.69, 9.17) is 0 Å². The van der Waals surface area contributed by atoms with Crippen LogP contribution in [0.2, 0.25) is 0 Å². The van der Waals surface area contributed by atoms with Crippen molar-refractivity contribution in [2.75, 3.05) is 12.9 Å². The third kappa shape index (κ3) is 1.86. The second-order valence-electron chi connectivity index (χ2n) is 2.84. The molecule has 6 heteroatoms. The van der Waals surface area contributed by atoms with Crippen LogP contribution in [-0.4, -0.2) is 64.6 Å². The third-order valence-electron chi connectivity index (χ3n) is 2.13. The van der Waals surface area contributed by atoms with Crippen LogP contribution in [0.3, 0.4) is 0 Å². The second-order valence-corrected chi connectivity index (χ2v) is 4.05. The molecule has 1 atom stereocenters. The normalized spacial score (nSPS) is 24.1. The Kier molecular flexibility index (Phi) is 4.06. The number of hydrogen-bond donors (Lipinski definition) is 0. The minimum absolute atomic E-state index is 0. The van der Waals surface area contributed by atoms with Gasteiger partial charge in [-0.1, -0.05) is 0 Å². The molecule has 1 fully saturated rings. The maximum Gasteiger partial charge on any atom is 0.354 e. The molecule has 4 nitrogen and oxygen atoms in total. The van der Waals surface area contributed by atoms with Gasteiger partial charge in [-0.15, -0.1) is 11.8 Å². The molecule has 71 valence electrons. The number of β-lactam (4-membered cyclic amide) rings is 1. The number of esters is 1. The molecule has 0 aromatic heterocycles. The molecular weight excluding hydrogens is 213 g/mol. The fraction of sp³-hybridized carbons (Fsp3) is 0.500. The molecule has 1 saturated heterocycles. The van der Waals surface area contributed by atoms with E-state index in [1.807, 2.05) is 0 Å². The van der Waals surface area contributed by atoms with Gasteiger partial charge in [0.25, 0.3) is 0 Å². The minimum atomic E-state index is -0.418. The number of thioether (sulfide) groups is 1. The van der Waals surface area contributed by atoms with Gasteiger partial charge in [-0.2, -0.15) is 0 Å². The van der Waals surface area contributed by atoms with Gasteiger partial charge in [0.05, 0.1) is 18.9 Å². The zero-order valence-electron chi connectivity index (χ0n) is 8.15. The van der Waals surface area contributed by atoms with Crippen LogP contribution in [0, 0.1) is 0 Å². The molecule has 2 aliphatic rings. The number of ether oxygens (including phenoxy) is 1. The van der Waals surface area contributed by atoms with Crippen molar-refractivity contribution >= 4 is 53.2 Å². The van der Waals surface area contributed by atoms with Crippen LogP contribution in [0.1, 0.15) is 6.42 Å². The first-order valence-corrected chi connectivity index (χ1v) is 5.01. The summed E-state index contributed by atoms with van der Waals surface area (Å²) < 4.78 is 4.58. The van der Waals surface area contributed by atoms with Gasteiger partial charge in [0.15, 0.2) is 0 Å². The van der Waals surface area contributed by atoms with Crippen molar-refractivity contribution in [3.63, 3.8) is 0 Å². The summed E-state index contributed by atoms with van der Waals surface area (Å²) in [5, 5.41) is 0.159. The predicted octanol–water partition coefficient (Wildman–Crippen LogP) is -0.0323. The molecule has 2 rings (SSSR count). The van der Waals surface area contributed by atoms with Gasteiger partial charge in [-0.05, 0) is 6.08 Å². The molecule has 0 aromatic carbocycles. The molecule has 0 spiro atoms. The van der Waals surface area contributed by atoms with Crippen molar-refractivity contribution < 1.29 is 14.3 Å². The maximum absolute atomic E-state index is 11.2. The summed E-state index contributed by atoms with van der Waals surface area (Å²) in [6.07, 6.45) is 2.28. The monoisotopic (exact) mass is 222 g/mol. The summed E-state index contributed by atoms with van der Waals surface area (Å²) >= 11 is 1.67. The first-order chi connectivity index (χ1) is 6.24. The van der Waals surface area contributed by atoms with E-state index >= 15 is 0 Å². The van der Waals surface area contributed by atoms with E-state index in [2.05, 4.69) is 4.74 Å². The zero-order valence-corrected chi connectivity index (χ0v) is 11.0. The van der Waals surface area contributed by atoms with Gasteiger partial charge < -0.3 is 4.74 Å². The fourth-order valence-corrected chi connectivity index (χ4v) is 2.55. The zero-order chi connectivity index (χ0) is 9.42. The number of methoxy groups -OCH3 is 1. The van der Waals surface area contributed by atoms with E-state index in [-0.39, 0.29) is 40.8 Å². The Morgan fingerprint density at radius 1 is 1.71 bits per heavy atom. The summed E-state index contributed by atoms with van der Waals surface area (Å²) in [5.74, 6) is 0.367. The first-order valence-electron chi connectivity index (χ1n) is 3.96. The average molecular weight is 222 g/mol. The Morgan fingerprint density at radius 2 is 2.43 bits per heavy atom. The molecular formula is C8H9NNaO3S. The second kappa shape index (κ2) is 4.70. The van der Waals surface area contributed by atoms with Crippen LogP contribution in [0.15, 0.2) is 11.8 Å². The molecule has 1 amide bonds. The average Bonchev–Trinajstić information content (AvgIpc) is 2.14. The molecule has 0 saturated carbocycles. The number of fused-ring (bicyclic) bond motifs is 1. The number of amides is 1. The van der Waals surface area contributed by atoms with Gasteiger partial charge >= 0.3 is 5.97 Å². The number of rotatable bonds is 1. The predicted molar refractivity (Wildman–Crippen MR) is 53.6 cm³/mol. The summed E-state index contributed by atoms with van der Waals surface area (Å²) in [5.41, 5.74) is 0.405. The van der Waals surface area contributed by atoms with Crippen molar-refractivity contribution in [3.8, 4) is 0 Å². The van der Waals surface area contributed by atoms with Crippen molar-refractivity contribution in [3.05, 3.63) is 11.8 Å². The van der Waals surface area contributed by atoms with Gasteiger partial charge in [0, 0.05) is 35.3 Å². The number of carbonyl (C=O) groups excluding carboxylic acids is 2. The Labute approximate surface area is 108 Å². The topological polar surface area (TPSA) is 46.6 Å². The van der Waals surface area contributed by atoms with Gasteiger partial charge in [-0.25, -0.2) is 4.79 Å². The van der Waals surface area contributed by atoms with E-state index in [0.29, 0.717) is 12.1 Å². The molecule has 14 heavy (non-hydrogen) atoms. The van der Waals surface area contributed by atoms with Crippen LogP contribution in [-0.2, 0) is 14.3 Å². The van der Waals surface area contributed by atoms with E-state index < -0.39 is 5.97 Å². The Bertz CT molecular complexity index is 305. The first kappa shape index (κ1) is 12.1. The number of carbonyl (C=O) groups is 2. The maximum atomic E-state index is 11.2. The molecule has 2 aliphatic heterocycles. The van der Waals surface area contributed by atoms with E-state index in [9.17, 15) is 9.59 Å². The largest absolute Gasteiger partial charge is 0.464 e. The van der Waals surface area contributed by atoms with Crippen LogP contribution < -0.4 is 0 Å². The van der Waals surface area contributed by atoms with Crippen molar-refractivity contribution in [2.24, 2.45) is 0 Å². The van der Waals surface area contributed by atoms with Gasteiger partial charge in [0.2, 0.25) is 5.91 Å². The molecule has 0 aliphatic carbocycles. The summed E-state index contributed by atoms with van der Waals surface area (Å²) in [6.45, 7) is 0. The summed E-state index contributed by atoms with van der Waals surface area (Å²) in [7, 11) is 1.32. The quantitative estimate of drug-likeness (QED) is 0.355.